The maximum Gasteiger partial charge on any atom is 0.272 e. The summed E-state index contributed by atoms with van der Waals surface area (Å²) in [6.07, 6.45) is 2.46. The summed E-state index contributed by atoms with van der Waals surface area (Å²) >= 11 is 0. The maximum atomic E-state index is 12.9. The van der Waals surface area contributed by atoms with Crippen LogP contribution in [0.15, 0.2) is 59.3 Å². The minimum atomic E-state index is -0.0357. The number of aromatic nitrogens is 5. The average molecular weight is 429 g/mol. The van der Waals surface area contributed by atoms with Crippen LogP contribution in [0.25, 0.3) is 22.6 Å². The number of anilines is 1. The zero-order valence-corrected chi connectivity index (χ0v) is 17.7. The van der Waals surface area contributed by atoms with E-state index in [1.54, 1.807) is 6.20 Å². The zero-order chi connectivity index (χ0) is 21.9. The molecule has 1 aliphatic rings. The molecule has 0 unspecified atom stereocenters. The number of piperazine rings is 1. The van der Waals surface area contributed by atoms with Crippen molar-refractivity contribution in [3.63, 3.8) is 0 Å². The predicted octanol–water partition coefficient (Wildman–Crippen LogP) is 3.05. The SMILES string of the molecule is CCc1nc(-c2ccc(N3CCN(C(=O)c4cc(-c5ccccc5)n[nH]4)CC3)nc2)no1. The van der Waals surface area contributed by atoms with Crippen LogP contribution in [0.4, 0.5) is 5.82 Å². The number of nitrogens with zero attached hydrogens (tertiary/aromatic N) is 6. The number of carbonyl (C=O) groups is 1. The molecule has 0 radical (unpaired) electrons. The van der Waals surface area contributed by atoms with Crippen molar-refractivity contribution in [2.45, 2.75) is 13.3 Å². The first-order chi connectivity index (χ1) is 15.7. The van der Waals surface area contributed by atoms with Gasteiger partial charge >= 0.3 is 0 Å². The summed E-state index contributed by atoms with van der Waals surface area (Å²) in [5, 5.41) is 11.2. The first kappa shape index (κ1) is 19.9. The van der Waals surface area contributed by atoms with E-state index in [4.69, 9.17) is 4.52 Å². The largest absolute Gasteiger partial charge is 0.353 e. The second kappa shape index (κ2) is 8.62. The number of benzene rings is 1. The van der Waals surface area contributed by atoms with E-state index in [0.717, 1.165) is 22.6 Å². The third kappa shape index (κ3) is 3.96. The van der Waals surface area contributed by atoms with Gasteiger partial charge < -0.3 is 14.3 Å². The number of hydrogen-bond acceptors (Lipinski definition) is 7. The Kier molecular flexibility index (Phi) is 5.37. The van der Waals surface area contributed by atoms with E-state index in [2.05, 4.69) is 30.2 Å². The third-order valence-electron chi connectivity index (χ3n) is 5.55. The van der Waals surface area contributed by atoms with Gasteiger partial charge in [-0.25, -0.2) is 4.98 Å². The standard InChI is InChI=1S/C23H23N7O2/c1-2-21-25-22(28-32-21)17-8-9-20(24-15-17)29-10-12-30(13-11-29)23(31)19-14-18(26-27-19)16-6-4-3-5-7-16/h3-9,14-15H,2,10-13H2,1H3,(H,26,27). The summed E-state index contributed by atoms with van der Waals surface area (Å²) in [5.74, 6) is 1.99. The van der Waals surface area contributed by atoms with Crippen LogP contribution in [0.3, 0.4) is 0 Å². The molecule has 0 spiro atoms. The summed E-state index contributed by atoms with van der Waals surface area (Å²) in [7, 11) is 0. The van der Waals surface area contributed by atoms with Crippen LogP contribution < -0.4 is 4.90 Å². The van der Waals surface area contributed by atoms with Gasteiger partial charge in [-0.2, -0.15) is 10.1 Å². The van der Waals surface area contributed by atoms with Crippen molar-refractivity contribution in [1.29, 1.82) is 0 Å². The van der Waals surface area contributed by atoms with Crippen molar-refractivity contribution in [3.8, 4) is 22.6 Å². The number of carbonyl (C=O) groups excluding carboxylic acids is 1. The van der Waals surface area contributed by atoms with Crippen molar-refractivity contribution in [2.24, 2.45) is 0 Å². The van der Waals surface area contributed by atoms with E-state index in [9.17, 15) is 4.79 Å². The van der Waals surface area contributed by atoms with Crippen LogP contribution in [0.5, 0.6) is 0 Å². The number of aromatic amines is 1. The van der Waals surface area contributed by atoms with E-state index in [-0.39, 0.29) is 5.91 Å². The van der Waals surface area contributed by atoms with E-state index in [0.29, 0.717) is 50.0 Å². The molecule has 4 heterocycles. The summed E-state index contributed by atoms with van der Waals surface area (Å²) in [5.41, 5.74) is 3.07. The highest BCUT2D eigenvalue weighted by atomic mass is 16.5. The van der Waals surface area contributed by atoms with Crippen LogP contribution >= 0.6 is 0 Å². The molecule has 0 atom stereocenters. The van der Waals surface area contributed by atoms with Crippen LogP contribution in [0.1, 0.15) is 23.3 Å². The highest BCUT2D eigenvalue weighted by molar-refractivity contribution is 5.93. The second-order valence-electron chi connectivity index (χ2n) is 7.58. The normalized spacial score (nSPS) is 14.0. The zero-order valence-electron chi connectivity index (χ0n) is 17.7. The molecule has 1 fully saturated rings. The Balaban J connectivity index is 1.20. The lowest BCUT2D eigenvalue weighted by Crippen LogP contribution is -2.49. The van der Waals surface area contributed by atoms with Gasteiger partial charge in [0, 0.05) is 49.9 Å². The monoisotopic (exact) mass is 429 g/mol. The van der Waals surface area contributed by atoms with Gasteiger partial charge in [0.05, 0.1) is 5.69 Å². The Bertz CT molecular complexity index is 1190. The molecule has 3 aromatic heterocycles. The van der Waals surface area contributed by atoms with Crippen LogP contribution in [0.2, 0.25) is 0 Å². The minimum absolute atomic E-state index is 0.0357. The molecule has 1 amide bonds. The molecule has 0 aliphatic carbocycles. The summed E-state index contributed by atoms with van der Waals surface area (Å²) in [6, 6.07) is 15.5. The molecule has 4 aromatic rings. The van der Waals surface area contributed by atoms with Gasteiger partial charge in [-0.05, 0) is 18.2 Å². The van der Waals surface area contributed by atoms with Gasteiger partial charge in [0.25, 0.3) is 5.91 Å². The molecular formula is C23H23N7O2. The number of H-pyrrole nitrogens is 1. The Hall–Kier alpha value is -4.01. The first-order valence-corrected chi connectivity index (χ1v) is 10.7. The number of nitrogens with one attached hydrogen (secondary N) is 1. The number of pyridine rings is 1. The molecule has 1 aliphatic heterocycles. The lowest BCUT2D eigenvalue weighted by Gasteiger charge is -2.35. The topological polar surface area (TPSA) is 104 Å². The predicted molar refractivity (Wildman–Crippen MR) is 119 cm³/mol. The van der Waals surface area contributed by atoms with Crippen LogP contribution in [-0.4, -0.2) is 62.3 Å². The minimum Gasteiger partial charge on any atom is -0.353 e. The fraction of sp³-hybridized carbons (Fsp3) is 0.261. The van der Waals surface area contributed by atoms with E-state index >= 15 is 0 Å². The maximum absolute atomic E-state index is 12.9. The van der Waals surface area contributed by atoms with Crippen molar-refractivity contribution in [2.75, 3.05) is 31.1 Å². The van der Waals surface area contributed by atoms with Crippen molar-refractivity contribution in [3.05, 3.63) is 66.3 Å². The lowest BCUT2D eigenvalue weighted by molar-refractivity contribution is 0.0740. The van der Waals surface area contributed by atoms with Gasteiger partial charge in [-0.3, -0.25) is 9.89 Å². The van der Waals surface area contributed by atoms with Crippen LogP contribution in [0, 0.1) is 0 Å². The van der Waals surface area contributed by atoms with E-state index in [1.165, 1.54) is 0 Å². The summed E-state index contributed by atoms with van der Waals surface area (Å²) in [4.78, 5) is 25.8. The molecule has 1 N–H and O–H groups in total. The summed E-state index contributed by atoms with van der Waals surface area (Å²) < 4.78 is 5.17. The number of hydrogen-bond donors (Lipinski definition) is 1. The summed E-state index contributed by atoms with van der Waals surface area (Å²) in [6.45, 7) is 4.62. The molecule has 9 nitrogen and oxygen atoms in total. The highest BCUT2D eigenvalue weighted by Gasteiger charge is 2.24. The number of rotatable bonds is 5. The Morgan fingerprint density at radius 1 is 1.06 bits per heavy atom. The fourth-order valence-electron chi connectivity index (χ4n) is 3.72. The average Bonchev–Trinajstić information content (AvgIpc) is 3.55. The van der Waals surface area contributed by atoms with Crippen LogP contribution in [-0.2, 0) is 6.42 Å². The van der Waals surface area contributed by atoms with Crippen molar-refractivity contribution in [1.82, 2.24) is 30.2 Å². The van der Waals surface area contributed by atoms with E-state index in [1.807, 2.05) is 60.4 Å². The van der Waals surface area contributed by atoms with Gasteiger partial charge in [0.2, 0.25) is 11.7 Å². The van der Waals surface area contributed by atoms with E-state index < -0.39 is 0 Å². The van der Waals surface area contributed by atoms with Gasteiger partial charge in [0.15, 0.2) is 0 Å². The Morgan fingerprint density at radius 3 is 2.56 bits per heavy atom. The smallest absolute Gasteiger partial charge is 0.272 e. The molecular weight excluding hydrogens is 406 g/mol. The Labute approximate surface area is 185 Å². The van der Waals surface area contributed by atoms with Crippen molar-refractivity contribution < 1.29 is 9.32 Å². The quantitative estimate of drug-likeness (QED) is 0.520. The molecule has 0 bridgehead atoms. The molecule has 32 heavy (non-hydrogen) atoms. The number of amides is 1. The van der Waals surface area contributed by atoms with Gasteiger partial charge in [-0.1, -0.05) is 42.4 Å². The fourth-order valence-corrected chi connectivity index (χ4v) is 3.72. The van der Waals surface area contributed by atoms with Gasteiger partial charge in [-0.15, -0.1) is 0 Å². The first-order valence-electron chi connectivity index (χ1n) is 10.7. The third-order valence-corrected chi connectivity index (χ3v) is 5.55. The molecule has 9 heteroatoms. The second-order valence-corrected chi connectivity index (χ2v) is 7.58. The molecule has 1 saturated heterocycles. The Morgan fingerprint density at radius 2 is 1.88 bits per heavy atom. The molecule has 5 rings (SSSR count). The van der Waals surface area contributed by atoms with Gasteiger partial charge in [0.1, 0.15) is 11.5 Å². The van der Waals surface area contributed by atoms with Crippen molar-refractivity contribution >= 4 is 11.7 Å². The number of aryl methyl sites for hydroxylation is 1. The highest BCUT2D eigenvalue weighted by Crippen LogP contribution is 2.21. The lowest BCUT2D eigenvalue weighted by atomic mass is 10.1. The molecule has 162 valence electrons. The molecule has 0 saturated carbocycles. The molecule has 1 aromatic carbocycles.